The minimum absolute atomic E-state index is 0.372. The fourth-order valence-electron chi connectivity index (χ4n) is 1.93. The number of allylic oxidation sites excluding steroid dienone is 1. The maximum Gasteiger partial charge on any atom is 0.188 e. The van der Waals surface area contributed by atoms with Gasteiger partial charge in [-0.15, -0.1) is 0 Å². The summed E-state index contributed by atoms with van der Waals surface area (Å²) in [7, 11) is 0. The van der Waals surface area contributed by atoms with Crippen LogP contribution in [-0.2, 0) is 14.3 Å². The fraction of sp³-hybridized carbons (Fsp3) is 0.824. The van der Waals surface area contributed by atoms with E-state index in [9.17, 15) is 4.79 Å². The van der Waals surface area contributed by atoms with Gasteiger partial charge in [0.05, 0.1) is 12.9 Å². The number of unbranched alkanes of at least 4 members (excludes halogenated alkanes) is 9. The summed E-state index contributed by atoms with van der Waals surface area (Å²) in [6.45, 7) is 3.35. The topological polar surface area (TPSA) is 35.5 Å². The Hall–Kier alpha value is -0.830. The van der Waals surface area contributed by atoms with E-state index in [-0.39, 0.29) is 0 Å². The van der Waals surface area contributed by atoms with E-state index in [0.717, 1.165) is 38.6 Å². The van der Waals surface area contributed by atoms with Crippen molar-refractivity contribution < 1.29 is 14.3 Å². The summed E-state index contributed by atoms with van der Waals surface area (Å²) in [5, 5.41) is 0. The first-order valence-corrected chi connectivity index (χ1v) is 8.19. The van der Waals surface area contributed by atoms with Crippen LogP contribution in [-0.4, -0.2) is 19.7 Å². The van der Waals surface area contributed by atoms with Gasteiger partial charge < -0.3 is 14.3 Å². The lowest BCUT2D eigenvalue weighted by Gasteiger charge is -2.02. The zero-order chi connectivity index (χ0) is 14.7. The molecule has 0 aromatic carbocycles. The Kier molecular flexibility index (Phi) is 17.4. The number of ether oxygens (including phenoxy) is 2. The van der Waals surface area contributed by atoms with Gasteiger partial charge in [-0.2, -0.15) is 0 Å². The maximum absolute atomic E-state index is 10.1. The van der Waals surface area contributed by atoms with Crippen LogP contribution in [0.2, 0.25) is 0 Å². The molecular weight excluding hydrogens is 252 g/mol. The molecule has 0 amide bonds. The first kappa shape index (κ1) is 19.2. The summed E-state index contributed by atoms with van der Waals surface area (Å²) in [6.07, 6.45) is 17.4. The summed E-state index contributed by atoms with van der Waals surface area (Å²) >= 11 is 0. The quantitative estimate of drug-likeness (QED) is 0.173. The van der Waals surface area contributed by atoms with Gasteiger partial charge in [-0.1, -0.05) is 45.4 Å². The van der Waals surface area contributed by atoms with Gasteiger partial charge in [-0.25, -0.2) is 0 Å². The average Bonchev–Trinajstić information content (AvgIpc) is 2.47. The number of carbonyl (C=O) groups excluding carboxylic acids is 1. The molecule has 0 fully saturated rings. The van der Waals surface area contributed by atoms with Crippen LogP contribution in [0.4, 0.5) is 0 Å². The first-order valence-electron chi connectivity index (χ1n) is 8.19. The van der Waals surface area contributed by atoms with Crippen LogP contribution < -0.4 is 0 Å². The zero-order valence-corrected chi connectivity index (χ0v) is 13.1. The Morgan fingerprint density at radius 2 is 1.55 bits per heavy atom. The van der Waals surface area contributed by atoms with Crippen molar-refractivity contribution in [3.63, 3.8) is 0 Å². The third kappa shape index (κ3) is 17.2. The largest absolute Gasteiger partial charge is 0.475 e. The van der Waals surface area contributed by atoms with Crippen LogP contribution in [0, 0.1) is 0 Å². The SMILES string of the molecule is CCCCCOCOC=CCCCCCCCCC=O. The molecule has 0 unspecified atom stereocenters. The molecule has 118 valence electrons. The Morgan fingerprint density at radius 1 is 0.850 bits per heavy atom. The van der Waals surface area contributed by atoms with Crippen molar-refractivity contribution in [1.82, 2.24) is 0 Å². The highest BCUT2D eigenvalue weighted by atomic mass is 16.7. The van der Waals surface area contributed by atoms with E-state index in [0.29, 0.717) is 6.79 Å². The highest BCUT2D eigenvalue weighted by Crippen LogP contribution is 2.08. The van der Waals surface area contributed by atoms with Crippen LogP contribution in [0.25, 0.3) is 0 Å². The lowest BCUT2D eigenvalue weighted by atomic mass is 10.1. The van der Waals surface area contributed by atoms with Crippen LogP contribution in [0.1, 0.15) is 77.6 Å². The molecule has 0 bridgehead atoms. The molecule has 0 aliphatic heterocycles. The molecule has 0 atom stereocenters. The summed E-state index contributed by atoms with van der Waals surface area (Å²) < 4.78 is 10.6. The second-order valence-corrected chi connectivity index (χ2v) is 5.14. The van der Waals surface area contributed by atoms with Crippen LogP contribution in [0.15, 0.2) is 12.3 Å². The molecule has 3 heteroatoms. The maximum atomic E-state index is 10.1. The number of hydrogen-bond donors (Lipinski definition) is 0. The molecule has 0 saturated heterocycles. The molecule has 0 heterocycles. The van der Waals surface area contributed by atoms with Crippen molar-refractivity contribution in [2.45, 2.75) is 77.6 Å². The molecule has 0 saturated carbocycles. The molecule has 0 aliphatic rings. The normalized spacial score (nSPS) is 11.1. The van der Waals surface area contributed by atoms with Gasteiger partial charge in [-0.3, -0.25) is 0 Å². The average molecular weight is 284 g/mol. The molecule has 0 radical (unpaired) electrons. The predicted molar refractivity (Wildman–Crippen MR) is 83.6 cm³/mol. The highest BCUT2D eigenvalue weighted by Gasteiger charge is 1.90. The van der Waals surface area contributed by atoms with Crippen molar-refractivity contribution in [1.29, 1.82) is 0 Å². The van der Waals surface area contributed by atoms with Crippen LogP contribution in [0.3, 0.4) is 0 Å². The third-order valence-electron chi connectivity index (χ3n) is 3.18. The van der Waals surface area contributed by atoms with E-state index < -0.39 is 0 Å². The van der Waals surface area contributed by atoms with Gasteiger partial charge in [0.1, 0.15) is 6.29 Å². The molecule has 3 nitrogen and oxygen atoms in total. The van der Waals surface area contributed by atoms with E-state index in [1.54, 1.807) is 6.26 Å². The third-order valence-corrected chi connectivity index (χ3v) is 3.18. The Morgan fingerprint density at radius 3 is 2.25 bits per heavy atom. The number of hydrogen-bond acceptors (Lipinski definition) is 3. The fourth-order valence-corrected chi connectivity index (χ4v) is 1.93. The van der Waals surface area contributed by atoms with Crippen molar-refractivity contribution in [2.75, 3.05) is 13.4 Å². The molecule has 0 N–H and O–H groups in total. The van der Waals surface area contributed by atoms with E-state index in [2.05, 4.69) is 13.0 Å². The standard InChI is InChI=1S/C17H32O3/c1-2-3-12-15-19-17-20-16-13-10-8-6-4-5-7-9-11-14-18/h13-14,16H,2-12,15,17H2,1H3. The lowest BCUT2D eigenvalue weighted by molar-refractivity contribution is -0.107. The van der Waals surface area contributed by atoms with E-state index in [1.165, 1.54) is 44.9 Å². The second kappa shape index (κ2) is 18.2. The van der Waals surface area contributed by atoms with E-state index >= 15 is 0 Å². The van der Waals surface area contributed by atoms with Gasteiger partial charge in [0.15, 0.2) is 6.79 Å². The first-order chi connectivity index (χ1) is 9.91. The van der Waals surface area contributed by atoms with Crippen molar-refractivity contribution in [3.8, 4) is 0 Å². The summed E-state index contributed by atoms with van der Waals surface area (Å²) in [6, 6.07) is 0. The monoisotopic (exact) mass is 284 g/mol. The second-order valence-electron chi connectivity index (χ2n) is 5.14. The Labute approximate surface area is 124 Å². The Balaban J connectivity index is 3.03. The summed E-state index contributed by atoms with van der Waals surface area (Å²) in [4.78, 5) is 10.1. The van der Waals surface area contributed by atoms with Gasteiger partial charge in [0.25, 0.3) is 0 Å². The van der Waals surface area contributed by atoms with E-state index in [4.69, 9.17) is 9.47 Å². The van der Waals surface area contributed by atoms with E-state index in [1.807, 2.05) is 0 Å². The van der Waals surface area contributed by atoms with Gasteiger partial charge in [-0.05, 0) is 31.8 Å². The van der Waals surface area contributed by atoms with Crippen LogP contribution >= 0.6 is 0 Å². The van der Waals surface area contributed by atoms with Crippen molar-refractivity contribution in [3.05, 3.63) is 12.3 Å². The van der Waals surface area contributed by atoms with Crippen LogP contribution in [0.5, 0.6) is 0 Å². The van der Waals surface area contributed by atoms with Crippen molar-refractivity contribution >= 4 is 6.29 Å². The lowest BCUT2D eigenvalue weighted by Crippen LogP contribution is -1.97. The van der Waals surface area contributed by atoms with Crippen molar-refractivity contribution in [2.24, 2.45) is 0 Å². The molecule has 0 spiro atoms. The molecule has 0 aromatic rings. The number of carbonyl (C=O) groups is 1. The predicted octanol–water partition coefficient (Wildman–Crippen LogP) is 5.00. The minimum Gasteiger partial charge on any atom is -0.475 e. The molecular formula is C17H32O3. The zero-order valence-electron chi connectivity index (χ0n) is 13.1. The molecule has 0 rings (SSSR count). The number of aldehydes is 1. The van der Waals surface area contributed by atoms with Gasteiger partial charge in [0.2, 0.25) is 0 Å². The minimum atomic E-state index is 0.372. The summed E-state index contributed by atoms with van der Waals surface area (Å²) in [5.41, 5.74) is 0. The van der Waals surface area contributed by atoms with Gasteiger partial charge >= 0.3 is 0 Å². The molecule has 20 heavy (non-hydrogen) atoms. The van der Waals surface area contributed by atoms with Gasteiger partial charge in [0, 0.05) is 6.42 Å². The molecule has 0 aliphatic carbocycles. The highest BCUT2D eigenvalue weighted by molar-refractivity contribution is 5.48. The smallest absolute Gasteiger partial charge is 0.188 e. The Bertz CT molecular complexity index is 214. The number of rotatable bonds is 16. The molecule has 0 aromatic heterocycles. The summed E-state index contributed by atoms with van der Waals surface area (Å²) in [5.74, 6) is 0.